The van der Waals surface area contributed by atoms with Crippen LogP contribution in [0.4, 0.5) is 0 Å². The maximum absolute atomic E-state index is 12.5. The van der Waals surface area contributed by atoms with Crippen LogP contribution in [-0.2, 0) is 4.79 Å². The molecule has 2 heterocycles. The molecule has 1 aromatic carbocycles. The molecule has 0 bridgehead atoms. The van der Waals surface area contributed by atoms with E-state index in [1.54, 1.807) is 17.0 Å². The van der Waals surface area contributed by atoms with Crippen molar-refractivity contribution in [3.63, 3.8) is 0 Å². The Kier molecular flexibility index (Phi) is 6.70. The highest BCUT2D eigenvalue weighted by Crippen LogP contribution is 2.18. The van der Waals surface area contributed by atoms with E-state index < -0.39 is 0 Å². The summed E-state index contributed by atoms with van der Waals surface area (Å²) in [5.41, 5.74) is 0. The largest absolute Gasteiger partial charge is 0.494 e. The van der Waals surface area contributed by atoms with E-state index in [1.165, 1.54) is 11.3 Å². The summed E-state index contributed by atoms with van der Waals surface area (Å²) < 4.78 is 11.0. The van der Waals surface area contributed by atoms with Gasteiger partial charge in [-0.15, -0.1) is 11.3 Å². The smallest absolute Gasteiger partial charge is 0.263 e. The van der Waals surface area contributed by atoms with Gasteiger partial charge >= 0.3 is 0 Å². The van der Waals surface area contributed by atoms with Gasteiger partial charge < -0.3 is 19.3 Å². The van der Waals surface area contributed by atoms with Gasteiger partial charge in [-0.25, -0.2) is 0 Å². The van der Waals surface area contributed by atoms with Crippen molar-refractivity contribution in [2.75, 3.05) is 39.4 Å². The molecular formula is C20H24N2O4S. The third kappa shape index (κ3) is 5.23. The van der Waals surface area contributed by atoms with Crippen molar-refractivity contribution in [2.45, 2.75) is 13.3 Å². The topological polar surface area (TPSA) is 59.1 Å². The van der Waals surface area contributed by atoms with Crippen LogP contribution in [0.5, 0.6) is 11.5 Å². The maximum Gasteiger partial charge on any atom is 0.263 e. The molecule has 0 radical (unpaired) electrons. The molecule has 0 saturated carbocycles. The number of hydrogen-bond donors (Lipinski definition) is 0. The first-order chi connectivity index (χ1) is 13.2. The van der Waals surface area contributed by atoms with Crippen molar-refractivity contribution in [3.05, 3.63) is 46.7 Å². The number of hydrogen-bond acceptors (Lipinski definition) is 5. The van der Waals surface area contributed by atoms with Crippen LogP contribution in [0.2, 0.25) is 0 Å². The minimum Gasteiger partial charge on any atom is -0.494 e. The summed E-state index contributed by atoms with van der Waals surface area (Å²) in [4.78, 5) is 29.3. The monoisotopic (exact) mass is 388 g/mol. The van der Waals surface area contributed by atoms with E-state index in [9.17, 15) is 9.59 Å². The van der Waals surface area contributed by atoms with Gasteiger partial charge in [0.25, 0.3) is 11.8 Å². The number of nitrogens with zero attached hydrogens (tertiary/aromatic N) is 2. The minimum absolute atomic E-state index is 0.00709. The zero-order valence-electron chi connectivity index (χ0n) is 15.4. The molecule has 1 saturated heterocycles. The Morgan fingerprint density at radius 2 is 1.63 bits per heavy atom. The molecule has 144 valence electrons. The summed E-state index contributed by atoms with van der Waals surface area (Å²) in [6.07, 6.45) is 0.770. The number of benzene rings is 1. The molecule has 0 unspecified atom stereocenters. The molecule has 7 heteroatoms. The first-order valence-corrected chi connectivity index (χ1v) is 10.0. The first-order valence-electron chi connectivity index (χ1n) is 9.13. The molecule has 0 atom stereocenters. The van der Waals surface area contributed by atoms with Crippen LogP contribution in [0.25, 0.3) is 0 Å². The van der Waals surface area contributed by atoms with Crippen molar-refractivity contribution in [3.8, 4) is 11.5 Å². The molecule has 6 nitrogen and oxygen atoms in total. The van der Waals surface area contributed by atoms with Crippen molar-refractivity contribution < 1.29 is 19.1 Å². The van der Waals surface area contributed by atoms with E-state index in [0.29, 0.717) is 38.5 Å². The van der Waals surface area contributed by atoms with Crippen molar-refractivity contribution in [2.24, 2.45) is 0 Å². The summed E-state index contributed by atoms with van der Waals surface area (Å²) in [5, 5.41) is 1.90. The van der Waals surface area contributed by atoms with Gasteiger partial charge in [-0.2, -0.15) is 0 Å². The second kappa shape index (κ2) is 9.41. The Balaban J connectivity index is 1.48. The van der Waals surface area contributed by atoms with Gasteiger partial charge in [-0.05, 0) is 49.1 Å². The predicted octanol–water partition coefficient (Wildman–Crippen LogP) is 2.90. The summed E-state index contributed by atoms with van der Waals surface area (Å²) in [6, 6.07) is 11.0. The van der Waals surface area contributed by atoms with Crippen LogP contribution in [0.3, 0.4) is 0 Å². The van der Waals surface area contributed by atoms with E-state index >= 15 is 0 Å². The second-order valence-corrected chi connectivity index (χ2v) is 7.14. The fourth-order valence-corrected chi connectivity index (χ4v) is 3.65. The third-order valence-electron chi connectivity index (χ3n) is 4.36. The van der Waals surface area contributed by atoms with E-state index in [-0.39, 0.29) is 18.4 Å². The van der Waals surface area contributed by atoms with E-state index in [0.717, 1.165) is 17.0 Å². The zero-order chi connectivity index (χ0) is 19.1. The van der Waals surface area contributed by atoms with Crippen LogP contribution in [-0.4, -0.2) is 61.0 Å². The predicted molar refractivity (Wildman–Crippen MR) is 105 cm³/mol. The summed E-state index contributed by atoms with van der Waals surface area (Å²) in [7, 11) is 0. The second-order valence-electron chi connectivity index (χ2n) is 6.20. The summed E-state index contributed by atoms with van der Waals surface area (Å²) in [5.74, 6) is 1.40. The van der Waals surface area contributed by atoms with Gasteiger partial charge in [0, 0.05) is 26.2 Å². The quantitative estimate of drug-likeness (QED) is 0.764. The van der Waals surface area contributed by atoms with Crippen molar-refractivity contribution >= 4 is 23.2 Å². The van der Waals surface area contributed by atoms with Gasteiger partial charge in [0.1, 0.15) is 11.5 Å². The van der Waals surface area contributed by atoms with E-state index in [1.807, 2.05) is 41.5 Å². The zero-order valence-corrected chi connectivity index (χ0v) is 16.2. The van der Waals surface area contributed by atoms with Gasteiger partial charge in [-0.3, -0.25) is 9.59 Å². The van der Waals surface area contributed by atoms with Crippen LogP contribution < -0.4 is 9.47 Å². The first kappa shape index (κ1) is 19.2. The number of rotatable bonds is 6. The molecular weight excluding hydrogens is 364 g/mol. The lowest BCUT2D eigenvalue weighted by Crippen LogP contribution is -2.39. The average Bonchev–Trinajstić information content (AvgIpc) is 3.11. The standard InChI is InChI=1S/C20H24N2O4S/c1-2-25-16-6-8-17(9-7-16)26-15-19(23)21-10-4-11-22(13-12-21)20(24)18-5-3-14-27-18/h3,5-9,14H,2,4,10-13,15H2,1H3. The fourth-order valence-electron chi connectivity index (χ4n) is 2.96. The molecule has 2 aromatic rings. The molecule has 1 aliphatic rings. The molecule has 0 aliphatic carbocycles. The number of amides is 2. The number of ether oxygens (including phenoxy) is 2. The fraction of sp³-hybridized carbons (Fsp3) is 0.400. The van der Waals surface area contributed by atoms with Crippen LogP contribution in [0, 0.1) is 0 Å². The Morgan fingerprint density at radius 1 is 0.963 bits per heavy atom. The van der Waals surface area contributed by atoms with Gasteiger partial charge in [-0.1, -0.05) is 6.07 Å². The Hall–Kier alpha value is -2.54. The Morgan fingerprint density at radius 3 is 2.30 bits per heavy atom. The molecule has 2 amide bonds. The number of carbonyl (C=O) groups excluding carboxylic acids is 2. The van der Waals surface area contributed by atoms with Gasteiger partial charge in [0.05, 0.1) is 11.5 Å². The summed E-state index contributed by atoms with van der Waals surface area (Å²) >= 11 is 1.45. The molecule has 1 aliphatic heterocycles. The molecule has 0 N–H and O–H groups in total. The van der Waals surface area contributed by atoms with Crippen molar-refractivity contribution in [1.82, 2.24) is 9.80 Å². The number of carbonyl (C=O) groups is 2. The summed E-state index contributed by atoms with van der Waals surface area (Å²) in [6.45, 7) is 4.92. The lowest BCUT2D eigenvalue weighted by Gasteiger charge is -2.22. The molecule has 3 rings (SSSR count). The third-order valence-corrected chi connectivity index (χ3v) is 5.22. The average molecular weight is 388 g/mol. The number of thiophene rings is 1. The molecule has 27 heavy (non-hydrogen) atoms. The van der Waals surface area contributed by atoms with Gasteiger partial charge in [0.15, 0.2) is 6.61 Å². The Bertz CT molecular complexity index is 746. The van der Waals surface area contributed by atoms with E-state index in [4.69, 9.17) is 9.47 Å². The highest BCUT2D eigenvalue weighted by molar-refractivity contribution is 7.12. The highest BCUT2D eigenvalue weighted by Gasteiger charge is 2.23. The SMILES string of the molecule is CCOc1ccc(OCC(=O)N2CCCN(C(=O)c3cccs3)CC2)cc1. The minimum atomic E-state index is -0.0608. The van der Waals surface area contributed by atoms with Crippen LogP contribution in [0.1, 0.15) is 23.0 Å². The lowest BCUT2D eigenvalue weighted by molar-refractivity contribution is -0.133. The van der Waals surface area contributed by atoms with Crippen LogP contribution in [0.15, 0.2) is 41.8 Å². The van der Waals surface area contributed by atoms with Crippen molar-refractivity contribution in [1.29, 1.82) is 0 Å². The lowest BCUT2D eigenvalue weighted by atomic mass is 10.3. The molecule has 1 fully saturated rings. The van der Waals surface area contributed by atoms with Crippen LogP contribution >= 0.6 is 11.3 Å². The highest BCUT2D eigenvalue weighted by atomic mass is 32.1. The normalized spacial score (nSPS) is 14.6. The molecule has 0 spiro atoms. The maximum atomic E-state index is 12.5. The van der Waals surface area contributed by atoms with E-state index in [2.05, 4.69) is 0 Å². The van der Waals surface area contributed by atoms with Gasteiger partial charge in [0.2, 0.25) is 0 Å². The molecule has 1 aromatic heterocycles. The Labute approximate surface area is 163 Å².